The van der Waals surface area contributed by atoms with Gasteiger partial charge >= 0.3 is 11.9 Å². The van der Waals surface area contributed by atoms with E-state index in [4.69, 9.17) is 18.9 Å². The molecule has 0 atom stereocenters. The highest BCUT2D eigenvalue weighted by molar-refractivity contribution is 6.01. The molecule has 2 rings (SSSR count). The smallest absolute Gasteiger partial charge is 0.308 e. The molecule has 2 aromatic carbocycles. The largest absolute Gasteiger partial charge is 0.490 e. The van der Waals surface area contributed by atoms with Gasteiger partial charge in [-0.1, -0.05) is 24.3 Å². The zero-order valence-corrected chi connectivity index (χ0v) is 13.5. The summed E-state index contributed by atoms with van der Waals surface area (Å²) in [5.74, 6) is -0.0793. The lowest BCUT2D eigenvalue weighted by Crippen LogP contribution is -2.09. The fraction of sp³-hybridized carbons (Fsp3) is 0.294. The average molecular weight is 318 g/mol. The summed E-state index contributed by atoms with van der Waals surface area (Å²) in [6, 6.07) is 7.07. The molecule has 0 aromatic heterocycles. The number of fused-ring (bicyclic) bond motifs is 1. The van der Waals surface area contributed by atoms with Gasteiger partial charge in [0.25, 0.3) is 0 Å². The molecule has 0 radical (unpaired) electrons. The van der Waals surface area contributed by atoms with Crippen molar-refractivity contribution in [2.45, 2.75) is 20.8 Å². The molecule has 122 valence electrons. The quantitative estimate of drug-likeness (QED) is 0.623. The number of carbonyl (C=O) groups is 2. The van der Waals surface area contributed by atoms with Crippen LogP contribution in [0.5, 0.6) is 23.0 Å². The predicted octanol–water partition coefficient (Wildman–Crippen LogP) is 3.10. The standard InChI is InChI=1S/C17H18O6/c1-5-21-17-15(23-11(3)19)13-9-7-6-8-12(13)14(16(17)20-4)22-10(2)18/h6-9H,5H2,1-4H3. The Morgan fingerprint density at radius 1 is 0.870 bits per heavy atom. The Bertz CT molecular complexity index is 750. The Hall–Kier alpha value is -2.76. The summed E-state index contributed by atoms with van der Waals surface area (Å²) in [6.07, 6.45) is 0. The molecular formula is C17H18O6. The van der Waals surface area contributed by atoms with Crippen molar-refractivity contribution in [2.75, 3.05) is 13.7 Å². The van der Waals surface area contributed by atoms with Gasteiger partial charge in [0.05, 0.1) is 13.7 Å². The molecule has 0 aliphatic carbocycles. The molecule has 2 aromatic rings. The highest BCUT2D eigenvalue weighted by Crippen LogP contribution is 2.51. The second-order valence-corrected chi connectivity index (χ2v) is 4.69. The average Bonchev–Trinajstić information content (AvgIpc) is 2.50. The Morgan fingerprint density at radius 3 is 1.74 bits per heavy atom. The molecule has 0 fully saturated rings. The van der Waals surface area contributed by atoms with Gasteiger partial charge in [-0.2, -0.15) is 0 Å². The Kier molecular flexibility index (Phi) is 5.05. The van der Waals surface area contributed by atoms with Crippen molar-refractivity contribution in [3.05, 3.63) is 24.3 Å². The Balaban J connectivity index is 2.88. The molecule has 0 unspecified atom stereocenters. The fourth-order valence-corrected chi connectivity index (χ4v) is 2.28. The lowest BCUT2D eigenvalue weighted by Gasteiger charge is -2.19. The zero-order valence-electron chi connectivity index (χ0n) is 13.5. The highest BCUT2D eigenvalue weighted by Gasteiger charge is 2.25. The van der Waals surface area contributed by atoms with Crippen LogP contribution in [0.15, 0.2) is 24.3 Å². The van der Waals surface area contributed by atoms with Crippen LogP contribution in [0.4, 0.5) is 0 Å². The maximum absolute atomic E-state index is 11.5. The summed E-state index contributed by atoms with van der Waals surface area (Å²) in [6.45, 7) is 4.71. The third-order valence-electron chi connectivity index (χ3n) is 3.02. The molecule has 0 bridgehead atoms. The van der Waals surface area contributed by atoms with Gasteiger partial charge in [-0.05, 0) is 6.92 Å². The lowest BCUT2D eigenvalue weighted by atomic mass is 10.1. The molecule has 6 heteroatoms. The number of carbonyl (C=O) groups excluding carboxylic acids is 2. The number of methoxy groups -OCH3 is 1. The van der Waals surface area contributed by atoms with Gasteiger partial charge in [0.1, 0.15) is 0 Å². The normalized spacial score (nSPS) is 10.3. The zero-order chi connectivity index (χ0) is 17.0. The van der Waals surface area contributed by atoms with Crippen LogP contribution in [0, 0.1) is 0 Å². The van der Waals surface area contributed by atoms with E-state index in [-0.39, 0.29) is 23.0 Å². The SMILES string of the molecule is CCOc1c(OC)c(OC(C)=O)c2ccccc2c1OC(C)=O. The molecule has 0 spiro atoms. The monoisotopic (exact) mass is 318 g/mol. The number of rotatable bonds is 5. The number of benzene rings is 2. The van der Waals surface area contributed by atoms with E-state index in [0.717, 1.165) is 0 Å². The van der Waals surface area contributed by atoms with Crippen LogP contribution in [-0.2, 0) is 9.59 Å². The first kappa shape index (κ1) is 16.6. The van der Waals surface area contributed by atoms with Gasteiger partial charge < -0.3 is 18.9 Å². The molecule has 0 N–H and O–H groups in total. The van der Waals surface area contributed by atoms with Gasteiger partial charge in [0, 0.05) is 24.6 Å². The third-order valence-corrected chi connectivity index (χ3v) is 3.02. The number of esters is 2. The molecule has 0 saturated carbocycles. The lowest BCUT2D eigenvalue weighted by molar-refractivity contribution is -0.133. The van der Waals surface area contributed by atoms with E-state index < -0.39 is 11.9 Å². The van der Waals surface area contributed by atoms with Crippen molar-refractivity contribution in [3.8, 4) is 23.0 Å². The van der Waals surface area contributed by atoms with Gasteiger partial charge in [-0.15, -0.1) is 0 Å². The second-order valence-electron chi connectivity index (χ2n) is 4.69. The summed E-state index contributed by atoms with van der Waals surface area (Å²) in [4.78, 5) is 22.9. The minimum Gasteiger partial charge on any atom is -0.490 e. The first-order valence-electron chi connectivity index (χ1n) is 7.11. The molecular weight excluding hydrogens is 300 g/mol. The predicted molar refractivity (Wildman–Crippen MR) is 84.3 cm³/mol. The van der Waals surface area contributed by atoms with Crippen molar-refractivity contribution in [1.82, 2.24) is 0 Å². The van der Waals surface area contributed by atoms with Crippen LogP contribution in [-0.4, -0.2) is 25.7 Å². The molecule has 0 aliphatic heterocycles. The van der Waals surface area contributed by atoms with E-state index >= 15 is 0 Å². The third kappa shape index (κ3) is 3.36. The van der Waals surface area contributed by atoms with Crippen LogP contribution < -0.4 is 18.9 Å². The number of hydrogen-bond acceptors (Lipinski definition) is 6. The summed E-state index contributed by atoms with van der Waals surface area (Å²) < 4.78 is 21.6. The van der Waals surface area contributed by atoms with Gasteiger partial charge in [0.2, 0.25) is 11.5 Å². The summed E-state index contributed by atoms with van der Waals surface area (Å²) in [5, 5.41) is 1.17. The van der Waals surface area contributed by atoms with Crippen LogP contribution >= 0.6 is 0 Å². The van der Waals surface area contributed by atoms with Crippen molar-refractivity contribution < 1.29 is 28.5 Å². The first-order valence-corrected chi connectivity index (χ1v) is 7.11. The summed E-state index contributed by atoms with van der Waals surface area (Å²) in [7, 11) is 1.43. The van der Waals surface area contributed by atoms with Gasteiger partial charge in [-0.3, -0.25) is 9.59 Å². The molecule has 23 heavy (non-hydrogen) atoms. The Labute approximate surface area is 133 Å². The highest BCUT2D eigenvalue weighted by atomic mass is 16.6. The van der Waals surface area contributed by atoms with Crippen LogP contribution in [0.25, 0.3) is 10.8 Å². The van der Waals surface area contributed by atoms with E-state index in [1.165, 1.54) is 21.0 Å². The van der Waals surface area contributed by atoms with Crippen LogP contribution in [0.2, 0.25) is 0 Å². The van der Waals surface area contributed by atoms with E-state index in [1.54, 1.807) is 31.2 Å². The maximum atomic E-state index is 11.5. The van der Waals surface area contributed by atoms with Gasteiger partial charge in [-0.25, -0.2) is 0 Å². The van der Waals surface area contributed by atoms with E-state index in [9.17, 15) is 9.59 Å². The molecule has 0 saturated heterocycles. The van der Waals surface area contributed by atoms with Crippen molar-refractivity contribution in [2.24, 2.45) is 0 Å². The van der Waals surface area contributed by atoms with E-state index in [2.05, 4.69) is 0 Å². The molecule has 0 heterocycles. The van der Waals surface area contributed by atoms with Gasteiger partial charge in [0.15, 0.2) is 11.5 Å². The van der Waals surface area contributed by atoms with Crippen LogP contribution in [0.1, 0.15) is 20.8 Å². The topological polar surface area (TPSA) is 71.1 Å². The summed E-state index contributed by atoms with van der Waals surface area (Å²) in [5.41, 5.74) is 0. The minimum absolute atomic E-state index is 0.206. The Morgan fingerprint density at radius 2 is 1.35 bits per heavy atom. The molecule has 0 amide bonds. The minimum atomic E-state index is -0.490. The van der Waals surface area contributed by atoms with Crippen molar-refractivity contribution in [1.29, 1.82) is 0 Å². The van der Waals surface area contributed by atoms with Crippen molar-refractivity contribution >= 4 is 22.7 Å². The number of hydrogen-bond donors (Lipinski definition) is 0. The number of ether oxygens (including phenoxy) is 4. The van der Waals surface area contributed by atoms with E-state index in [0.29, 0.717) is 17.4 Å². The van der Waals surface area contributed by atoms with E-state index in [1.807, 2.05) is 0 Å². The maximum Gasteiger partial charge on any atom is 0.308 e. The first-order chi connectivity index (χ1) is 11.0. The summed E-state index contributed by atoms with van der Waals surface area (Å²) >= 11 is 0. The van der Waals surface area contributed by atoms with Crippen molar-refractivity contribution in [3.63, 3.8) is 0 Å². The molecule has 0 aliphatic rings. The van der Waals surface area contributed by atoms with Crippen LogP contribution in [0.3, 0.4) is 0 Å². The molecule has 6 nitrogen and oxygen atoms in total. The fourth-order valence-electron chi connectivity index (χ4n) is 2.28. The second kappa shape index (κ2) is 7.00.